The maximum absolute atomic E-state index is 12.7. The van der Waals surface area contributed by atoms with Crippen LogP contribution in [-0.2, 0) is 30.9 Å². The van der Waals surface area contributed by atoms with E-state index in [1.165, 1.54) is 19.8 Å². The molecule has 0 fully saturated rings. The Balaban J connectivity index is 2.15. The molecule has 0 aliphatic rings. The molecule has 0 aliphatic carbocycles. The maximum Gasteiger partial charge on any atom is 0.328 e. The smallest absolute Gasteiger partial charge is 0.328 e. The number of hydrogen-bond acceptors (Lipinski definition) is 4. The molecule has 0 saturated carbocycles. The molecule has 150 valence electrons. The topological polar surface area (TPSA) is 64.6 Å². The zero-order chi connectivity index (χ0) is 20.7. The van der Waals surface area contributed by atoms with Gasteiger partial charge in [-0.15, -0.1) is 0 Å². The number of rotatable bonds is 7. The molecule has 0 saturated heterocycles. The van der Waals surface area contributed by atoms with Crippen LogP contribution in [0.25, 0.3) is 0 Å². The molecule has 1 N–H and O–H groups in total. The fraction of sp³-hybridized carbons (Fsp3) is 0.391. The molecule has 2 rings (SSSR count). The third-order valence-electron chi connectivity index (χ3n) is 4.64. The predicted molar refractivity (Wildman–Crippen MR) is 109 cm³/mol. The zero-order valence-corrected chi connectivity index (χ0v) is 17.2. The first-order valence-corrected chi connectivity index (χ1v) is 9.31. The second-order valence-electron chi connectivity index (χ2n) is 7.76. The molecule has 2 aromatic rings. The Morgan fingerprint density at radius 1 is 0.964 bits per heavy atom. The number of methoxy groups -OCH3 is 2. The van der Waals surface area contributed by atoms with Crippen molar-refractivity contribution < 1.29 is 19.1 Å². The lowest BCUT2D eigenvalue weighted by molar-refractivity contribution is -0.146. The first kappa shape index (κ1) is 21.6. The molecule has 0 spiro atoms. The lowest BCUT2D eigenvalue weighted by Crippen LogP contribution is -2.45. The van der Waals surface area contributed by atoms with E-state index in [0.717, 1.165) is 11.1 Å². The van der Waals surface area contributed by atoms with Crippen LogP contribution in [0.1, 0.15) is 43.6 Å². The van der Waals surface area contributed by atoms with Crippen LogP contribution < -0.4 is 5.32 Å². The lowest BCUT2D eigenvalue weighted by Gasteiger charge is -2.22. The summed E-state index contributed by atoms with van der Waals surface area (Å²) in [7, 11) is 2.78. The number of benzene rings is 2. The first-order chi connectivity index (χ1) is 13.3. The Hall–Kier alpha value is -2.66. The van der Waals surface area contributed by atoms with Gasteiger partial charge >= 0.3 is 5.97 Å². The Morgan fingerprint density at radius 2 is 1.57 bits per heavy atom. The summed E-state index contributed by atoms with van der Waals surface area (Å²) < 4.78 is 10.2. The van der Waals surface area contributed by atoms with Gasteiger partial charge in [0.2, 0.25) is 0 Å². The quantitative estimate of drug-likeness (QED) is 0.743. The summed E-state index contributed by atoms with van der Waals surface area (Å²) in [5.41, 5.74) is 2.92. The number of nitrogens with one attached hydrogen (secondary N) is 1. The first-order valence-electron chi connectivity index (χ1n) is 9.31. The Labute approximate surface area is 167 Å². The van der Waals surface area contributed by atoms with Crippen molar-refractivity contribution in [3.63, 3.8) is 0 Å². The van der Waals surface area contributed by atoms with E-state index in [9.17, 15) is 9.59 Å². The number of amides is 1. The molecule has 0 aliphatic heterocycles. The second kappa shape index (κ2) is 9.51. The molecule has 5 heteroatoms. The van der Waals surface area contributed by atoms with Crippen LogP contribution in [0.3, 0.4) is 0 Å². The lowest BCUT2D eigenvalue weighted by atomic mass is 9.86. The fourth-order valence-electron chi connectivity index (χ4n) is 2.98. The molecular weight excluding hydrogens is 354 g/mol. The van der Waals surface area contributed by atoms with Crippen molar-refractivity contribution in [1.82, 2.24) is 5.32 Å². The van der Waals surface area contributed by atoms with Gasteiger partial charge in [0.25, 0.3) is 5.91 Å². The van der Waals surface area contributed by atoms with Gasteiger partial charge in [-0.05, 0) is 22.1 Å². The van der Waals surface area contributed by atoms with Gasteiger partial charge < -0.3 is 14.8 Å². The summed E-state index contributed by atoms with van der Waals surface area (Å²) in [6.07, 6.45) is -0.453. The highest BCUT2D eigenvalue weighted by atomic mass is 16.5. The molecule has 0 bridgehead atoms. The van der Waals surface area contributed by atoms with Gasteiger partial charge in [0.05, 0.1) is 7.11 Å². The van der Waals surface area contributed by atoms with Crippen molar-refractivity contribution in [1.29, 1.82) is 0 Å². The third kappa shape index (κ3) is 5.67. The van der Waals surface area contributed by atoms with E-state index < -0.39 is 18.1 Å². The minimum absolute atomic E-state index is 0.0515. The molecule has 1 amide bonds. The molecule has 5 nitrogen and oxygen atoms in total. The highest BCUT2D eigenvalue weighted by Gasteiger charge is 2.27. The Morgan fingerprint density at radius 3 is 2.07 bits per heavy atom. The van der Waals surface area contributed by atoms with Gasteiger partial charge in [0.15, 0.2) is 6.10 Å². The number of carbonyl (C=O) groups is 2. The average Bonchev–Trinajstić information content (AvgIpc) is 2.68. The molecule has 0 radical (unpaired) electrons. The van der Waals surface area contributed by atoms with Crippen LogP contribution in [0.5, 0.6) is 0 Å². The van der Waals surface area contributed by atoms with Crippen LogP contribution in [0.2, 0.25) is 0 Å². The van der Waals surface area contributed by atoms with E-state index in [-0.39, 0.29) is 11.3 Å². The Bertz CT molecular complexity index is 778. The van der Waals surface area contributed by atoms with Crippen molar-refractivity contribution >= 4 is 11.9 Å². The van der Waals surface area contributed by atoms with Crippen molar-refractivity contribution in [3.8, 4) is 0 Å². The highest BCUT2D eigenvalue weighted by Crippen LogP contribution is 2.23. The summed E-state index contributed by atoms with van der Waals surface area (Å²) in [6.45, 7) is 6.44. The second-order valence-corrected chi connectivity index (χ2v) is 7.76. The van der Waals surface area contributed by atoms with Crippen LogP contribution in [0, 0.1) is 0 Å². The summed E-state index contributed by atoms with van der Waals surface area (Å²) in [4.78, 5) is 25.0. The number of esters is 1. The fourth-order valence-corrected chi connectivity index (χ4v) is 2.98. The highest BCUT2D eigenvalue weighted by molar-refractivity contribution is 5.87. The van der Waals surface area contributed by atoms with Gasteiger partial charge in [-0.3, -0.25) is 4.79 Å². The van der Waals surface area contributed by atoms with Crippen molar-refractivity contribution in [2.45, 2.75) is 44.8 Å². The van der Waals surface area contributed by atoms with E-state index in [2.05, 4.69) is 26.1 Å². The van der Waals surface area contributed by atoms with E-state index in [0.29, 0.717) is 6.42 Å². The van der Waals surface area contributed by atoms with E-state index >= 15 is 0 Å². The summed E-state index contributed by atoms with van der Waals surface area (Å²) in [5, 5.41) is 2.77. The third-order valence-corrected chi connectivity index (χ3v) is 4.64. The molecule has 0 unspecified atom stereocenters. The predicted octanol–water partition coefficient (Wildman–Crippen LogP) is 3.57. The van der Waals surface area contributed by atoms with Gasteiger partial charge in [0, 0.05) is 13.5 Å². The molecule has 0 heterocycles. The van der Waals surface area contributed by atoms with E-state index in [1.54, 1.807) is 0 Å². The zero-order valence-electron chi connectivity index (χ0n) is 17.2. The van der Waals surface area contributed by atoms with E-state index in [4.69, 9.17) is 9.47 Å². The summed E-state index contributed by atoms with van der Waals surface area (Å²) in [5.74, 6) is -0.869. The molecular formula is C23H29NO4. The Kier molecular flexibility index (Phi) is 7.35. The molecule has 2 aromatic carbocycles. The largest absolute Gasteiger partial charge is 0.467 e. The molecule has 28 heavy (non-hydrogen) atoms. The average molecular weight is 383 g/mol. The monoisotopic (exact) mass is 383 g/mol. The van der Waals surface area contributed by atoms with E-state index in [1.807, 2.05) is 54.6 Å². The number of carbonyl (C=O) groups excluding carboxylic acids is 2. The van der Waals surface area contributed by atoms with Crippen LogP contribution in [0.4, 0.5) is 0 Å². The van der Waals surface area contributed by atoms with Crippen molar-refractivity contribution in [2.75, 3.05) is 14.2 Å². The van der Waals surface area contributed by atoms with Gasteiger partial charge in [-0.2, -0.15) is 0 Å². The standard InChI is InChI=1S/C23H29NO4/c1-23(2,3)18-13-11-16(12-14-18)15-19(22(26)28-5)24-21(25)20(27-4)17-9-7-6-8-10-17/h6-14,19-20H,15H2,1-5H3,(H,24,25)/t19-,20+/m1/s1. The number of ether oxygens (including phenoxy) is 2. The summed E-state index contributed by atoms with van der Waals surface area (Å²) in [6, 6.07) is 16.4. The molecule has 0 aromatic heterocycles. The van der Waals surface area contributed by atoms with Crippen LogP contribution >= 0.6 is 0 Å². The van der Waals surface area contributed by atoms with Crippen molar-refractivity contribution in [3.05, 3.63) is 71.3 Å². The van der Waals surface area contributed by atoms with Gasteiger partial charge in [-0.25, -0.2) is 4.79 Å². The SMILES string of the molecule is COC(=O)[C@@H](Cc1ccc(C(C)(C)C)cc1)NC(=O)[C@@H](OC)c1ccccc1. The number of hydrogen-bond donors (Lipinski definition) is 1. The van der Waals surface area contributed by atoms with Gasteiger partial charge in [0.1, 0.15) is 6.04 Å². The van der Waals surface area contributed by atoms with Gasteiger partial charge in [-0.1, -0.05) is 75.4 Å². The maximum atomic E-state index is 12.7. The summed E-state index contributed by atoms with van der Waals surface area (Å²) >= 11 is 0. The minimum Gasteiger partial charge on any atom is -0.467 e. The molecule has 2 atom stereocenters. The van der Waals surface area contributed by atoms with Crippen LogP contribution in [-0.4, -0.2) is 32.1 Å². The van der Waals surface area contributed by atoms with Crippen LogP contribution in [0.15, 0.2) is 54.6 Å². The van der Waals surface area contributed by atoms with Crippen molar-refractivity contribution in [2.24, 2.45) is 0 Å². The minimum atomic E-state index is -0.795. The normalized spacial score (nSPS) is 13.5.